The third kappa shape index (κ3) is 2.41. The van der Waals surface area contributed by atoms with E-state index < -0.39 is 0 Å². The Morgan fingerprint density at radius 2 is 2.42 bits per heavy atom. The molecule has 0 saturated heterocycles. The molecule has 0 bridgehead atoms. The second-order valence-electron chi connectivity index (χ2n) is 5.05. The van der Waals surface area contributed by atoms with E-state index in [4.69, 9.17) is 4.42 Å². The van der Waals surface area contributed by atoms with Crippen molar-refractivity contribution in [1.82, 2.24) is 15.1 Å². The highest BCUT2D eigenvalue weighted by atomic mass is 16.3. The molecule has 0 aromatic carbocycles. The number of amides is 1. The summed E-state index contributed by atoms with van der Waals surface area (Å²) in [7, 11) is 1.80. The number of nitrogens with zero attached hydrogens (tertiary/aromatic N) is 2. The van der Waals surface area contributed by atoms with Crippen LogP contribution >= 0.6 is 0 Å². The zero-order valence-electron chi connectivity index (χ0n) is 10.9. The van der Waals surface area contributed by atoms with Crippen LogP contribution in [0.4, 0.5) is 0 Å². The summed E-state index contributed by atoms with van der Waals surface area (Å²) in [4.78, 5) is 12.2. The van der Waals surface area contributed by atoms with Gasteiger partial charge >= 0.3 is 0 Å². The summed E-state index contributed by atoms with van der Waals surface area (Å²) in [6, 6.07) is 3.60. The Labute approximate surface area is 111 Å². The number of hydrogen-bond donors (Lipinski definition) is 1. The maximum atomic E-state index is 12.2. The van der Waals surface area contributed by atoms with Gasteiger partial charge in [0.1, 0.15) is 5.69 Å². The predicted molar refractivity (Wildman–Crippen MR) is 70.6 cm³/mol. The van der Waals surface area contributed by atoms with E-state index in [1.165, 1.54) is 19.3 Å². The van der Waals surface area contributed by atoms with Gasteiger partial charge in [0.05, 0.1) is 11.8 Å². The summed E-state index contributed by atoms with van der Waals surface area (Å²) in [6.45, 7) is 0.755. The molecule has 19 heavy (non-hydrogen) atoms. The molecule has 0 spiro atoms. The van der Waals surface area contributed by atoms with Crippen LogP contribution in [0.3, 0.4) is 0 Å². The SMILES string of the molecule is Cn1cc(C(=O)NCC2CCC2)c(-c2ccco2)n1. The Bertz CT molecular complexity index is 568. The molecule has 0 unspecified atom stereocenters. The topological polar surface area (TPSA) is 60.1 Å². The van der Waals surface area contributed by atoms with Gasteiger partial charge in [0.15, 0.2) is 5.76 Å². The average molecular weight is 259 g/mol. The maximum absolute atomic E-state index is 12.2. The van der Waals surface area contributed by atoms with E-state index in [1.54, 1.807) is 30.3 Å². The van der Waals surface area contributed by atoms with E-state index in [1.807, 2.05) is 6.07 Å². The quantitative estimate of drug-likeness (QED) is 0.915. The molecule has 2 aromatic heterocycles. The van der Waals surface area contributed by atoms with Crippen LogP contribution in [0, 0.1) is 5.92 Å². The molecule has 1 saturated carbocycles. The van der Waals surface area contributed by atoms with Gasteiger partial charge in [-0.2, -0.15) is 5.10 Å². The minimum Gasteiger partial charge on any atom is -0.463 e. The first-order chi connectivity index (χ1) is 9.24. The number of hydrogen-bond acceptors (Lipinski definition) is 3. The highest BCUT2D eigenvalue weighted by molar-refractivity contribution is 5.99. The van der Waals surface area contributed by atoms with E-state index in [2.05, 4.69) is 10.4 Å². The zero-order chi connectivity index (χ0) is 13.2. The van der Waals surface area contributed by atoms with E-state index in [9.17, 15) is 4.79 Å². The monoisotopic (exact) mass is 259 g/mol. The minimum atomic E-state index is -0.0774. The zero-order valence-corrected chi connectivity index (χ0v) is 10.9. The molecule has 5 nitrogen and oxygen atoms in total. The molecule has 0 aliphatic heterocycles. The predicted octanol–water partition coefficient (Wildman–Crippen LogP) is 2.21. The van der Waals surface area contributed by atoms with Crippen molar-refractivity contribution >= 4 is 5.91 Å². The van der Waals surface area contributed by atoms with E-state index >= 15 is 0 Å². The largest absolute Gasteiger partial charge is 0.463 e. The van der Waals surface area contributed by atoms with Crippen LogP contribution in [0.15, 0.2) is 29.0 Å². The molecule has 1 aliphatic rings. The summed E-state index contributed by atoms with van der Waals surface area (Å²) in [5.74, 6) is 1.19. The normalized spacial score (nSPS) is 15.2. The van der Waals surface area contributed by atoms with Crippen LogP contribution < -0.4 is 5.32 Å². The number of carbonyl (C=O) groups excluding carboxylic acids is 1. The standard InChI is InChI=1S/C14H17N3O2/c1-17-9-11(13(16-17)12-6-3-7-19-12)14(18)15-8-10-4-2-5-10/h3,6-7,9-10H,2,4-5,8H2,1H3,(H,15,18). The van der Waals surface area contributed by atoms with Gasteiger partial charge in [-0.15, -0.1) is 0 Å². The van der Waals surface area contributed by atoms with E-state index in [0.29, 0.717) is 22.9 Å². The number of aryl methyl sites for hydroxylation is 1. The maximum Gasteiger partial charge on any atom is 0.255 e. The summed E-state index contributed by atoms with van der Waals surface area (Å²) in [5.41, 5.74) is 1.16. The highest BCUT2D eigenvalue weighted by Gasteiger charge is 2.22. The van der Waals surface area contributed by atoms with Crippen molar-refractivity contribution in [2.45, 2.75) is 19.3 Å². The summed E-state index contributed by atoms with van der Waals surface area (Å²) in [5, 5.41) is 7.28. The molecule has 100 valence electrons. The molecule has 0 radical (unpaired) electrons. The first kappa shape index (κ1) is 12.0. The van der Waals surface area contributed by atoms with Crippen LogP contribution in [0.25, 0.3) is 11.5 Å². The first-order valence-corrected chi connectivity index (χ1v) is 6.60. The van der Waals surface area contributed by atoms with Crippen molar-refractivity contribution in [3.8, 4) is 11.5 Å². The molecule has 1 N–H and O–H groups in total. The smallest absolute Gasteiger partial charge is 0.255 e. The molecule has 5 heteroatoms. The Morgan fingerprint density at radius 3 is 3.05 bits per heavy atom. The van der Waals surface area contributed by atoms with Crippen molar-refractivity contribution in [1.29, 1.82) is 0 Å². The molecule has 2 aromatic rings. The van der Waals surface area contributed by atoms with Gasteiger partial charge in [0, 0.05) is 19.8 Å². The number of furan rings is 1. The van der Waals surface area contributed by atoms with Gasteiger partial charge in [-0.1, -0.05) is 6.42 Å². The Kier molecular flexibility index (Phi) is 3.11. The fourth-order valence-corrected chi connectivity index (χ4v) is 2.28. The molecule has 2 heterocycles. The molecule has 1 fully saturated rings. The fourth-order valence-electron chi connectivity index (χ4n) is 2.28. The Morgan fingerprint density at radius 1 is 1.58 bits per heavy atom. The Hall–Kier alpha value is -2.04. The summed E-state index contributed by atoms with van der Waals surface area (Å²) >= 11 is 0. The van der Waals surface area contributed by atoms with Gasteiger partial charge < -0.3 is 9.73 Å². The number of carbonyl (C=O) groups is 1. The van der Waals surface area contributed by atoms with Crippen LogP contribution in [0.2, 0.25) is 0 Å². The Balaban J connectivity index is 1.77. The number of nitrogens with one attached hydrogen (secondary N) is 1. The van der Waals surface area contributed by atoms with Crippen molar-refractivity contribution in [2.75, 3.05) is 6.54 Å². The van der Waals surface area contributed by atoms with E-state index in [-0.39, 0.29) is 5.91 Å². The lowest BCUT2D eigenvalue weighted by molar-refractivity contribution is 0.0939. The van der Waals surface area contributed by atoms with E-state index in [0.717, 1.165) is 6.54 Å². The third-order valence-corrected chi connectivity index (χ3v) is 3.60. The summed E-state index contributed by atoms with van der Waals surface area (Å²) in [6.07, 6.45) is 7.04. The number of rotatable bonds is 4. The van der Waals surface area contributed by atoms with Crippen LogP contribution in [0.5, 0.6) is 0 Å². The van der Waals surface area contributed by atoms with Crippen molar-refractivity contribution in [3.63, 3.8) is 0 Å². The molecule has 3 rings (SSSR count). The van der Waals surface area contributed by atoms with Gasteiger partial charge in [-0.3, -0.25) is 9.48 Å². The average Bonchev–Trinajstić information content (AvgIpc) is 2.94. The van der Waals surface area contributed by atoms with Crippen molar-refractivity contribution in [3.05, 3.63) is 30.2 Å². The van der Waals surface area contributed by atoms with Crippen LogP contribution in [0.1, 0.15) is 29.6 Å². The second-order valence-corrected chi connectivity index (χ2v) is 5.05. The minimum absolute atomic E-state index is 0.0774. The number of aromatic nitrogens is 2. The van der Waals surface area contributed by atoms with Gasteiger partial charge in [0.25, 0.3) is 5.91 Å². The molecule has 1 amide bonds. The lowest BCUT2D eigenvalue weighted by atomic mass is 9.85. The van der Waals surface area contributed by atoms with Crippen LogP contribution in [-0.4, -0.2) is 22.2 Å². The third-order valence-electron chi connectivity index (χ3n) is 3.60. The molecule has 0 atom stereocenters. The highest BCUT2D eigenvalue weighted by Crippen LogP contribution is 2.26. The molecular weight excluding hydrogens is 242 g/mol. The fraction of sp³-hybridized carbons (Fsp3) is 0.429. The lowest BCUT2D eigenvalue weighted by Gasteiger charge is -2.25. The van der Waals surface area contributed by atoms with Crippen molar-refractivity contribution < 1.29 is 9.21 Å². The van der Waals surface area contributed by atoms with Crippen molar-refractivity contribution in [2.24, 2.45) is 13.0 Å². The second kappa shape index (κ2) is 4.91. The molecular formula is C14H17N3O2. The van der Waals surface area contributed by atoms with Crippen LogP contribution in [-0.2, 0) is 7.05 Å². The molecule has 1 aliphatic carbocycles. The summed E-state index contributed by atoms with van der Waals surface area (Å²) < 4.78 is 6.96. The first-order valence-electron chi connectivity index (χ1n) is 6.60. The van der Waals surface area contributed by atoms with Gasteiger partial charge in [-0.05, 0) is 30.9 Å². The van der Waals surface area contributed by atoms with Gasteiger partial charge in [0.2, 0.25) is 0 Å². The lowest BCUT2D eigenvalue weighted by Crippen LogP contribution is -2.32. The van der Waals surface area contributed by atoms with Gasteiger partial charge in [-0.25, -0.2) is 0 Å².